The number of allylic oxidation sites excluding steroid dienone is 1. The first-order valence-electron chi connectivity index (χ1n) is 20.5. The summed E-state index contributed by atoms with van der Waals surface area (Å²) in [5.74, 6) is -6.95. The molecule has 0 spiro atoms. The summed E-state index contributed by atoms with van der Waals surface area (Å²) in [6.07, 6.45) is -11.2. The number of hydrogen-bond donors (Lipinski definition) is 5. The number of benzene rings is 2. The highest BCUT2D eigenvalue weighted by Crippen LogP contribution is 2.64. The van der Waals surface area contributed by atoms with Crippen LogP contribution in [-0.4, -0.2) is 118 Å². The van der Waals surface area contributed by atoms with Crippen molar-refractivity contribution in [1.82, 2.24) is 5.32 Å². The maximum Gasteiger partial charge on any atom is 0.338 e. The number of Topliss-reactive ketones (excluding diaryl/α,β-unsaturated/α-hetero) is 1. The van der Waals surface area contributed by atoms with Gasteiger partial charge >= 0.3 is 23.9 Å². The molecule has 2 aromatic carbocycles. The van der Waals surface area contributed by atoms with E-state index in [0.29, 0.717) is 5.57 Å². The van der Waals surface area contributed by atoms with Gasteiger partial charge in [0.1, 0.15) is 30.0 Å². The third-order valence-corrected chi connectivity index (χ3v) is 13.6. The molecule has 1 amide bonds. The molecule has 6 rings (SSSR count). The average molecular weight is 862 g/mol. The number of esters is 4. The normalized spacial score (nSPS) is 31.8. The van der Waals surface area contributed by atoms with Crippen molar-refractivity contribution in [2.75, 3.05) is 13.7 Å². The van der Waals surface area contributed by atoms with Crippen LogP contribution in [0.25, 0.3) is 0 Å². The molecular formula is C46H55NO15. The number of hydrogen-bond acceptors (Lipinski definition) is 15. The van der Waals surface area contributed by atoms with Crippen LogP contribution in [0.2, 0.25) is 0 Å². The van der Waals surface area contributed by atoms with Crippen molar-refractivity contribution in [3.63, 3.8) is 0 Å². The Labute approximate surface area is 359 Å². The van der Waals surface area contributed by atoms with Gasteiger partial charge in [0.15, 0.2) is 17.5 Å². The number of fused-ring (bicyclic) bond motifs is 5. The van der Waals surface area contributed by atoms with Gasteiger partial charge in [-0.3, -0.25) is 19.2 Å². The second-order valence-corrected chi connectivity index (χ2v) is 17.6. The number of carbonyl (C=O) groups is 6. The molecule has 1 saturated heterocycles. The van der Waals surface area contributed by atoms with E-state index in [2.05, 4.69) is 5.32 Å². The minimum absolute atomic E-state index is 0.0380. The summed E-state index contributed by atoms with van der Waals surface area (Å²) in [6.45, 7) is 9.99. The van der Waals surface area contributed by atoms with E-state index in [1.54, 1.807) is 62.4 Å². The highest BCUT2D eigenvalue weighted by atomic mass is 16.6. The van der Waals surface area contributed by atoms with Crippen LogP contribution in [0.15, 0.2) is 83.0 Å². The topological polar surface area (TPSA) is 242 Å². The average Bonchev–Trinajstić information content (AvgIpc) is 3.23. The Kier molecular flexibility index (Phi) is 12.8. The van der Waals surface area contributed by atoms with E-state index in [0.717, 1.165) is 6.92 Å². The van der Waals surface area contributed by atoms with Crippen LogP contribution >= 0.6 is 0 Å². The van der Waals surface area contributed by atoms with E-state index >= 15 is 4.79 Å². The van der Waals surface area contributed by atoms with Crippen molar-refractivity contribution in [3.8, 4) is 0 Å². The number of rotatable bonds is 11. The van der Waals surface area contributed by atoms with Gasteiger partial charge in [-0.15, -0.1) is 0 Å². The lowest BCUT2D eigenvalue weighted by atomic mass is 9.44. The Hall–Kier alpha value is -5.26. The van der Waals surface area contributed by atoms with Crippen molar-refractivity contribution < 1.29 is 72.9 Å². The highest BCUT2D eigenvalue weighted by Gasteiger charge is 2.78. The Morgan fingerprint density at radius 2 is 1.55 bits per heavy atom. The molecule has 3 aliphatic carbocycles. The number of aliphatic hydroxyl groups excluding tert-OH is 3. The molecule has 16 nitrogen and oxygen atoms in total. The maximum absolute atomic E-state index is 15.0. The van der Waals surface area contributed by atoms with Gasteiger partial charge in [0.05, 0.1) is 49.2 Å². The van der Waals surface area contributed by atoms with Gasteiger partial charge in [0.25, 0.3) is 0 Å². The zero-order chi connectivity index (χ0) is 45.7. The van der Waals surface area contributed by atoms with Gasteiger partial charge in [-0.05, 0) is 56.5 Å². The van der Waals surface area contributed by atoms with E-state index in [4.69, 9.17) is 23.7 Å². The van der Waals surface area contributed by atoms with E-state index in [9.17, 15) is 44.4 Å². The molecule has 2 saturated carbocycles. The predicted molar refractivity (Wildman–Crippen MR) is 217 cm³/mol. The minimum Gasteiger partial charge on any atom is -0.469 e. The van der Waals surface area contributed by atoms with Crippen LogP contribution in [0.1, 0.15) is 89.7 Å². The lowest BCUT2D eigenvalue weighted by Gasteiger charge is -2.67. The molecule has 1 heterocycles. The number of nitrogens with one attached hydrogen (secondary N) is 1. The van der Waals surface area contributed by atoms with Gasteiger partial charge in [-0.25, -0.2) is 9.59 Å². The fourth-order valence-electron chi connectivity index (χ4n) is 10.1. The standard InChI is InChI=1S/C46H55NO15/c1-23(2)28(19-32(50)58-8)40(54)47-34(26-15-11-9-12-16-26)36(52)42(56)60-29-21-46(57)39(61-41(55)27-17-13-10-14-18-27)37-44(7,38(53)35(51)33(24(29)3)43(46,5)6)30(49)20-31-45(37,22-59-31)62-25(4)48/h9-18,29-31,34-37,39,49,51-52,57H,19-22H2,1-8H3,(H,47,54)/t29-,30-,31+,34-,35+,36+,37-,39-,44+,45-,46+/m0/s1. The van der Waals surface area contributed by atoms with E-state index in [1.165, 1.54) is 46.9 Å². The molecule has 0 aromatic heterocycles. The van der Waals surface area contributed by atoms with Crippen molar-refractivity contribution in [1.29, 1.82) is 0 Å². The molecule has 1 aliphatic heterocycles. The van der Waals surface area contributed by atoms with Crippen LogP contribution in [0.5, 0.6) is 0 Å². The Balaban J connectivity index is 1.47. The second-order valence-electron chi connectivity index (χ2n) is 17.6. The van der Waals surface area contributed by atoms with Gasteiger partial charge in [0, 0.05) is 30.8 Å². The summed E-state index contributed by atoms with van der Waals surface area (Å²) in [6, 6.07) is 14.4. The van der Waals surface area contributed by atoms with E-state index in [1.807, 2.05) is 0 Å². The lowest BCUT2D eigenvalue weighted by Crippen LogP contribution is -2.81. The van der Waals surface area contributed by atoms with Crippen LogP contribution in [-0.2, 0) is 47.7 Å². The van der Waals surface area contributed by atoms with Crippen molar-refractivity contribution in [3.05, 3.63) is 94.1 Å². The third-order valence-electron chi connectivity index (χ3n) is 13.6. The summed E-state index contributed by atoms with van der Waals surface area (Å²) >= 11 is 0. The summed E-state index contributed by atoms with van der Waals surface area (Å²) in [5, 5.41) is 52.0. The van der Waals surface area contributed by atoms with Crippen molar-refractivity contribution in [2.24, 2.45) is 16.7 Å². The monoisotopic (exact) mass is 861 g/mol. The van der Waals surface area contributed by atoms with Crippen LogP contribution in [0.4, 0.5) is 0 Å². The Morgan fingerprint density at radius 3 is 2.10 bits per heavy atom. The number of methoxy groups -OCH3 is 1. The third kappa shape index (κ3) is 7.65. The van der Waals surface area contributed by atoms with Crippen LogP contribution in [0.3, 0.4) is 0 Å². The molecule has 2 bridgehead atoms. The Bertz CT molecular complexity index is 2180. The number of ketones is 1. The minimum atomic E-state index is -2.39. The molecule has 0 unspecified atom stereocenters. The first-order valence-corrected chi connectivity index (χ1v) is 20.5. The number of carbonyl (C=O) groups excluding carboxylic acids is 6. The smallest absolute Gasteiger partial charge is 0.338 e. The lowest BCUT2D eigenvalue weighted by molar-refractivity contribution is -0.346. The highest BCUT2D eigenvalue weighted by molar-refractivity contribution is 5.99. The molecule has 0 radical (unpaired) electrons. The van der Waals surface area contributed by atoms with Gasteiger partial charge in [-0.1, -0.05) is 68.0 Å². The molecular weight excluding hydrogens is 806 g/mol. The van der Waals surface area contributed by atoms with Crippen molar-refractivity contribution >= 4 is 35.6 Å². The SMILES string of the molecule is COC(=O)CC(C(=O)N[C@@H](c1ccccc1)[C@@H](O)C(=O)O[C@H]1C[C@@]2(O)[C@@H](OC(=O)c3ccccc3)[C@@H]3[C@]4(OC(C)=O)CO[C@@H]4C[C@H](O)[C@@]3(C)C(=O)[C@H](O)C(=C1C)C2(C)C)=C(C)C. The Morgan fingerprint density at radius 1 is 0.935 bits per heavy atom. The first-order chi connectivity index (χ1) is 29.1. The molecule has 11 atom stereocenters. The van der Waals surface area contributed by atoms with Gasteiger partial charge in [0.2, 0.25) is 5.91 Å². The summed E-state index contributed by atoms with van der Waals surface area (Å²) in [5.41, 5.74) is -6.94. The second kappa shape index (κ2) is 17.1. The zero-order valence-corrected chi connectivity index (χ0v) is 36.0. The molecule has 3 fully saturated rings. The molecule has 4 aliphatic rings. The van der Waals surface area contributed by atoms with Crippen molar-refractivity contribution in [2.45, 2.75) is 122 Å². The quantitative estimate of drug-likeness (QED) is 0.0945. The number of amides is 1. The van der Waals surface area contributed by atoms with Gasteiger partial charge < -0.3 is 49.4 Å². The zero-order valence-electron chi connectivity index (χ0n) is 36.0. The largest absolute Gasteiger partial charge is 0.469 e. The molecule has 5 N–H and O–H groups in total. The van der Waals surface area contributed by atoms with E-state index in [-0.39, 0.29) is 40.9 Å². The summed E-state index contributed by atoms with van der Waals surface area (Å²) in [4.78, 5) is 82.2. The molecule has 16 heteroatoms. The van der Waals surface area contributed by atoms with Gasteiger partial charge in [-0.2, -0.15) is 0 Å². The molecule has 334 valence electrons. The summed E-state index contributed by atoms with van der Waals surface area (Å²) < 4.78 is 28.9. The first kappa shape index (κ1) is 46.2. The van der Waals surface area contributed by atoms with E-state index < -0.39 is 119 Å². The molecule has 2 aromatic rings. The maximum atomic E-state index is 15.0. The fraction of sp³-hybridized carbons (Fsp3) is 0.522. The molecule has 62 heavy (non-hydrogen) atoms. The predicted octanol–water partition coefficient (Wildman–Crippen LogP) is 2.75. The number of aliphatic hydroxyl groups is 4. The fourth-order valence-corrected chi connectivity index (χ4v) is 10.1. The van der Waals surface area contributed by atoms with Crippen LogP contribution in [0, 0.1) is 16.7 Å². The summed E-state index contributed by atoms with van der Waals surface area (Å²) in [7, 11) is 1.17. The van der Waals surface area contributed by atoms with Crippen LogP contribution < -0.4 is 5.32 Å². The number of ether oxygens (including phenoxy) is 5.